The van der Waals surface area contributed by atoms with Crippen molar-refractivity contribution in [3.05, 3.63) is 52.5 Å². The molecule has 0 aliphatic carbocycles. The molecule has 1 aromatic heterocycles. The van der Waals surface area contributed by atoms with Gasteiger partial charge in [0.05, 0.1) is 13.0 Å². The van der Waals surface area contributed by atoms with Gasteiger partial charge >= 0.3 is 0 Å². The van der Waals surface area contributed by atoms with Gasteiger partial charge < -0.3 is 9.64 Å². The summed E-state index contributed by atoms with van der Waals surface area (Å²) in [5, 5.41) is 1.95. The first-order valence-corrected chi connectivity index (χ1v) is 7.18. The molecule has 2 aromatic rings. The number of benzene rings is 1. The Kier molecular flexibility index (Phi) is 5.12. The largest absolute Gasteiger partial charge is 0.489 e. The number of hydrogen-bond donors (Lipinski definition) is 0. The highest BCUT2D eigenvalue weighted by atomic mass is 32.1. The number of carbonyl (C=O) groups excluding carboxylic acids is 1. The maximum atomic E-state index is 13.3. The van der Waals surface area contributed by atoms with Crippen LogP contribution in [0.15, 0.2) is 41.8 Å². The molecule has 0 radical (unpaired) electrons. The number of ether oxygens (including phenoxy) is 1. The van der Waals surface area contributed by atoms with E-state index in [-0.39, 0.29) is 24.1 Å². The summed E-state index contributed by atoms with van der Waals surface area (Å²) < 4.78 is 18.6. The summed E-state index contributed by atoms with van der Waals surface area (Å²) in [4.78, 5) is 14.6. The third kappa shape index (κ3) is 4.06. The first kappa shape index (κ1) is 14.5. The normalized spacial score (nSPS) is 10.3. The lowest BCUT2D eigenvalue weighted by Gasteiger charge is -2.17. The van der Waals surface area contributed by atoms with Crippen molar-refractivity contribution in [1.82, 2.24) is 4.90 Å². The molecule has 5 heteroatoms. The minimum absolute atomic E-state index is 0.0320. The van der Waals surface area contributed by atoms with Crippen LogP contribution in [0.4, 0.5) is 4.39 Å². The number of amides is 1. The topological polar surface area (TPSA) is 29.5 Å². The average molecular weight is 293 g/mol. The van der Waals surface area contributed by atoms with Gasteiger partial charge in [0, 0.05) is 11.9 Å². The smallest absolute Gasteiger partial charge is 0.227 e. The van der Waals surface area contributed by atoms with E-state index in [1.54, 1.807) is 41.5 Å². The molecule has 0 N–H and O–H groups in total. The van der Waals surface area contributed by atoms with Crippen LogP contribution in [-0.2, 0) is 11.2 Å². The first-order chi connectivity index (χ1) is 9.66. The molecule has 0 fully saturated rings. The molecule has 0 atom stereocenters. The molecule has 0 saturated heterocycles. The number of likely N-dealkylation sites (N-methyl/N-ethyl adjacent to an activating group) is 1. The Morgan fingerprint density at radius 1 is 1.30 bits per heavy atom. The van der Waals surface area contributed by atoms with Crippen molar-refractivity contribution in [1.29, 1.82) is 0 Å². The molecule has 3 nitrogen and oxygen atoms in total. The van der Waals surface area contributed by atoms with Crippen LogP contribution in [0.1, 0.15) is 4.88 Å². The van der Waals surface area contributed by atoms with E-state index in [2.05, 4.69) is 0 Å². The predicted octanol–water partition coefficient (Wildman–Crippen LogP) is 2.97. The fourth-order valence-electron chi connectivity index (χ4n) is 1.68. The van der Waals surface area contributed by atoms with Gasteiger partial charge in [0.25, 0.3) is 0 Å². The van der Waals surface area contributed by atoms with Gasteiger partial charge in [0.2, 0.25) is 5.91 Å². The molecule has 1 amide bonds. The molecule has 0 aliphatic rings. The molecule has 1 heterocycles. The molecule has 106 valence electrons. The molecule has 2 rings (SSSR count). The Hall–Kier alpha value is -1.88. The lowest BCUT2D eigenvalue weighted by Crippen LogP contribution is -2.31. The fraction of sp³-hybridized carbons (Fsp3) is 0.267. The van der Waals surface area contributed by atoms with Crippen LogP contribution in [-0.4, -0.2) is 31.0 Å². The lowest BCUT2D eigenvalue weighted by molar-refractivity contribution is -0.129. The average Bonchev–Trinajstić information content (AvgIpc) is 2.93. The third-order valence-corrected chi connectivity index (χ3v) is 3.73. The molecule has 0 saturated carbocycles. The number of thiophene rings is 1. The summed E-state index contributed by atoms with van der Waals surface area (Å²) in [7, 11) is 1.72. The minimum Gasteiger partial charge on any atom is -0.489 e. The summed E-state index contributed by atoms with van der Waals surface area (Å²) in [6, 6.07) is 10.1. The molecule has 20 heavy (non-hydrogen) atoms. The van der Waals surface area contributed by atoms with Crippen molar-refractivity contribution in [3.8, 4) is 5.75 Å². The fourth-order valence-corrected chi connectivity index (χ4v) is 2.37. The SMILES string of the molecule is CN(CCOc1ccccc1F)C(=O)Cc1cccs1. The van der Waals surface area contributed by atoms with Crippen LogP contribution in [0.25, 0.3) is 0 Å². The van der Waals surface area contributed by atoms with E-state index in [9.17, 15) is 9.18 Å². The van der Waals surface area contributed by atoms with Gasteiger partial charge in [-0.05, 0) is 23.6 Å². The quantitative estimate of drug-likeness (QED) is 0.819. The van der Waals surface area contributed by atoms with E-state index < -0.39 is 0 Å². The van der Waals surface area contributed by atoms with Crippen molar-refractivity contribution < 1.29 is 13.9 Å². The summed E-state index contributed by atoms with van der Waals surface area (Å²) in [6.07, 6.45) is 0.397. The highest BCUT2D eigenvalue weighted by Crippen LogP contribution is 2.15. The van der Waals surface area contributed by atoms with E-state index in [0.29, 0.717) is 13.0 Å². The summed E-state index contributed by atoms with van der Waals surface area (Å²) in [5.41, 5.74) is 0. The lowest BCUT2D eigenvalue weighted by atomic mass is 10.3. The standard InChI is InChI=1S/C15H16FNO2S/c1-17(15(18)11-12-5-4-10-20-12)8-9-19-14-7-3-2-6-13(14)16/h2-7,10H,8-9,11H2,1H3. The van der Waals surface area contributed by atoms with E-state index in [0.717, 1.165) is 4.88 Å². The Morgan fingerprint density at radius 2 is 2.10 bits per heavy atom. The van der Waals surface area contributed by atoms with Gasteiger partial charge in [-0.1, -0.05) is 18.2 Å². The van der Waals surface area contributed by atoms with Crippen LogP contribution < -0.4 is 4.74 Å². The Morgan fingerprint density at radius 3 is 2.80 bits per heavy atom. The highest BCUT2D eigenvalue weighted by Gasteiger charge is 2.10. The van der Waals surface area contributed by atoms with E-state index >= 15 is 0 Å². The molecule has 1 aromatic carbocycles. The number of nitrogens with zero attached hydrogens (tertiary/aromatic N) is 1. The summed E-state index contributed by atoms with van der Waals surface area (Å²) in [6.45, 7) is 0.701. The molecule has 0 unspecified atom stereocenters. The van der Waals surface area contributed by atoms with Gasteiger partial charge in [0.1, 0.15) is 6.61 Å². The van der Waals surface area contributed by atoms with Crippen LogP contribution in [0, 0.1) is 5.82 Å². The highest BCUT2D eigenvalue weighted by molar-refractivity contribution is 7.10. The number of hydrogen-bond acceptors (Lipinski definition) is 3. The Balaban J connectivity index is 1.76. The summed E-state index contributed by atoms with van der Waals surface area (Å²) >= 11 is 1.56. The van der Waals surface area contributed by atoms with Crippen LogP contribution in [0.5, 0.6) is 5.75 Å². The van der Waals surface area contributed by atoms with Gasteiger partial charge in [-0.25, -0.2) is 4.39 Å². The van der Waals surface area contributed by atoms with Gasteiger partial charge in [0.15, 0.2) is 11.6 Å². The van der Waals surface area contributed by atoms with Gasteiger partial charge in [-0.3, -0.25) is 4.79 Å². The van der Waals surface area contributed by atoms with Crippen LogP contribution in [0.3, 0.4) is 0 Å². The number of carbonyl (C=O) groups is 1. The first-order valence-electron chi connectivity index (χ1n) is 6.30. The molecular formula is C15H16FNO2S. The van der Waals surface area contributed by atoms with Crippen LogP contribution >= 0.6 is 11.3 Å². The molecular weight excluding hydrogens is 277 g/mol. The van der Waals surface area contributed by atoms with Crippen molar-refractivity contribution in [2.45, 2.75) is 6.42 Å². The Bertz CT molecular complexity index is 557. The zero-order valence-electron chi connectivity index (χ0n) is 11.2. The number of para-hydroxylation sites is 1. The second-order valence-corrected chi connectivity index (χ2v) is 5.38. The summed E-state index contributed by atoms with van der Waals surface area (Å²) in [5.74, 6) is -0.142. The second-order valence-electron chi connectivity index (χ2n) is 4.35. The monoisotopic (exact) mass is 293 g/mol. The van der Waals surface area contributed by atoms with Gasteiger partial charge in [-0.15, -0.1) is 11.3 Å². The van der Waals surface area contributed by atoms with E-state index in [1.807, 2.05) is 17.5 Å². The second kappa shape index (κ2) is 7.05. The zero-order valence-corrected chi connectivity index (χ0v) is 12.0. The molecule has 0 aliphatic heterocycles. The number of halogens is 1. The number of rotatable bonds is 6. The molecule has 0 spiro atoms. The van der Waals surface area contributed by atoms with Crippen molar-refractivity contribution in [2.24, 2.45) is 0 Å². The van der Waals surface area contributed by atoms with Crippen molar-refractivity contribution in [2.75, 3.05) is 20.2 Å². The zero-order chi connectivity index (χ0) is 14.4. The Labute approximate surface area is 121 Å². The predicted molar refractivity (Wildman–Crippen MR) is 77.6 cm³/mol. The van der Waals surface area contributed by atoms with Crippen molar-refractivity contribution >= 4 is 17.2 Å². The maximum Gasteiger partial charge on any atom is 0.227 e. The van der Waals surface area contributed by atoms with E-state index in [1.165, 1.54) is 6.07 Å². The minimum atomic E-state index is -0.389. The molecule has 0 bridgehead atoms. The third-order valence-electron chi connectivity index (χ3n) is 2.85. The van der Waals surface area contributed by atoms with Gasteiger partial charge in [-0.2, -0.15) is 0 Å². The van der Waals surface area contributed by atoms with Crippen LogP contribution in [0.2, 0.25) is 0 Å². The van der Waals surface area contributed by atoms with E-state index in [4.69, 9.17) is 4.74 Å². The maximum absolute atomic E-state index is 13.3. The van der Waals surface area contributed by atoms with Crippen molar-refractivity contribution in [3.63, 3.8) is 0 Å².